The molecule has 0 saturated heterocycles. The molecular formula is C21H31NaO8. The summed E-state index contributed by atoms with van der Waals surface area (Å²) < 4.78 is 4.89. The predicted octanol–water partition coefficient (Wildman–Crippen LogP) is -1.23. The number of allylic oxidation sites excluding steroid dienone is 1. The van der Waals surface area contributed by atoms with Crippen LogP contribution in [0.2, 0.25) is 0 Å². The molecule has 0 aromatic carbocycles. The fourth-order valence-electron chi connectivity index (χ4n) is 5.69. The molecule has 0 aromatic heterocycles. The molecule has 0 bridgehead atoms. The molecule has 1 aliphatic heterocycles. The normalized spacial score (nSPS) is 35.5. The first kappa shape index (κ1) is 27.0. The van der Waals surface area contributed by atoms with Gasteiger partial charge in [-0.15, -0.1) is 0 Å². The average Bonchev–Trinajstić information content (AvgIpc) is 2.96. The van der Waals surface area contributed by atoms with Gasteiger partial charge in [-0.3, -0.25) is 0 Å². The number of hydrogen-bond donors (Lipinski definition) is 4. The van der Waals surface area contributed by atoms with Crippen LogP contribution < -0.4 is 34.7 Å². The summed E-state index contributed by atoms with van der Waals surface area (Å²) in [6, 6.07) is 0. The van der Waals surface area contributed by atoms with Crippen molar-refractivity contribution in [1.82, 2.24) is 0 Å². The minimum absolute atomic E-state index is 0. The first-order valence-electron chi connectivity index (χ1n) is 9.92. The quantitative estimate of drug-likeness (QED) is 0.244. The Balaban J connectivity index is 0.000000827. The molecule has 2 aliphatic carbocycles. The van der Waals surface area contributed by atoms with E-state index in [1.807, 2.05) is 6.92 Å². The number of carbonyl (C=O) groups excluding carboxylic acids is 1. The molecule has 2 saturated carbocycles. The summed E-state index contributed by atoms with van der Waals surface area (Å²) >= 11 is 0. The second-order valence-electron chi connectivity index (χ2n) is 8.83. The molecule has 0 aromatic rings. The molecule has 0 radical (unpaired) electrons. The van der Waals surface area contributed by atoms with E-state index in [1.165, 1.54) is 5.57 Å². The molecule has 0 amide bonds. The van der Waals surface area contributed by atoms with Crippen molar-refractivity contribution >= 4 is 12.1 Å². The van der Waals surface area contributed by atoms with Gasteiger partial charge in [-0.1, -0.05) is 26.0 Å². The van der Waals surface area contributed by atoms with E-state index in [-0.39, 0.29) is 65.8 Å². The molecule has 3 aliphatic rings. The Kier molecular flexibility index (Phi) is 9.44. The van der Waals surface area contributed by atoms with Crippen molar-refractivity contribution in [2.75, 3.05) is 13.2 Å². The van der Waals surface area contributed by atoms with Crippen LogP contribution in [0.1, 0.15) is 52.4 Å². The number of carboxylic acid groups (broad SMARTS) is 2. The van der Waals surface area contributed by atoms with Gasteiger partial charge in [-0.25, -0.2) is 4.79 Å². The summed E-state index contributed by atoms with van der Waals surface area (Å²) in [5.41, 5.74) is 1.01. The van der Waals surface area contributed by atoms with Gasteiger partial charge in [0, 0.05) is 5.41 Å². The maximum absolute atomic E-state index is 11.8. The van der Waals surface area contributed by atoms with Crippen molar-refractivity contribution in [2.24, 2.45) is 22.7 Å². The van der Waals surface area contributed by atoms with Crippen LogP contribution in [0.3, 0.4) is 0 Å². The number of fused-ring (bicyclic) bond motifs is 1. The largest absolute Gasteiger partial charge is 1.00 e. The second-order valence-corrected chi connectivity index (χ2v) is 8.83. The predicted molar refractivity (Wildman–Crippen MR) is 102 cm³/mol. The summed E-state index contributed by atoms with van der Waals surface area (Å²) in [4.78, 5) is 20.2. The number of aliphatic hydroxyl groups excluding tert-OH is 3. The van der Waals surface area contributed by atoms with Crippen molar-refractivity contribution < 1.29 is 69.4 Å². The van der Waals surface area contributed by atoms with Crippen LogP contribution in [0.5, 0.6) is 0 Å². The topological polar surface area (TPSA) is 147 Å². The van der Waals surface area contributed by atoms with Crippen molar-refractivity contribution in [3.63, 3.8) is 0 Å². The zero-order valence-electron chi connectivity index (χ0n) is 18.0. The third-order valence-electron chi connectivity index (χ3n) is 7.31. The minimum atomic E-state index is -2.08. The van der Waals surface area contributed by atoms with E-state index in [1.54, 1.807) is 0 Å². The summed E-state index contributed by atoms with van der Waals surface area (Å²) in [5.74, 6) is 0.0490. The van der Waals surface area contributed by atoms with Crippen LogP contribution >= 0.6 is 0 Å². The number of ether oxygens (including phenoxy) is 1. The van der Waals surface area contributed by atoms with E-state index in [4.69, 9.17) is 19.7 Å². The van der Waals surface area contributed by atoms with Gasteiger partial charge in [0.25, 0.3) is 0 Å². The number of hydrogen-bond acceptors (Lipinski definition) is 7. The van der Waals surface area contributed by atoms with Crippen LogP contribution in [0.25, 0.3) is 0 Å². The van der Waals surface area contributed by atoms with E-state index in [9.17, 15) is 20.1 Å². The van der Waals surface area contributed by atoms with Gasteiger partial charge >= 0.3 is 35.5 Å². The van der Waals surface area contributed by atoms with Gasteiger partial charge in [0.2, 0.25) is 6.16 Å². The van der Waals surface area contributed by atoms with Gasteiger partial charge in [0.05, 0.1) is 18.3 Å². The summed E-state index contributed by atoms with van der Waals surface area (Å²) in [7, 11) is 0. The Morgan fingerprint density at radius 3 is 2.43 bits per heavy atom. The minimum Gasteiger partial charge on any atom is -0.565 e. The Bertz CT molecular complexity index is 701. The van der Waals surface area contributed by atoms with E-state index < -0.39 is 23.6 Å². The second kappa shape index (κ2) is 10.5. The molecule has 0 spiro atoms. The molecule has 0 unspecified atom stereocenters. The van der Waals surface area contributed by atoms with Gasteiger partial charge in [-0.05, 0) is 55.8 Å². The standard InChI is InChI=1S/C20H30O5.CH2O3.Na/c1-12-4-7-16-19(2,9-8-17(23)20(16,3)11-21)14(12)6-5-13-15(22)10-25-18(13)24;2-1(3)4;/h14,16-17,21-23H,1,4-11H2,2-3H3;(H2,2,3,4);/q;;+1/p-1/t14-,16+,17-,19+,20+;;/m1../s1. The van der Waals surface area contributed by atoms with E-state index >= 15 is 0 Å². The summed E-state index contributed by atoms with van der Waals surface area (Å²) in [6.45, 7) is 8.48. The van der Waals surface area contributed by atoms with Crippen LogP contribution in [-0.2, 0) is 9.53 Å². The van der Waals surface area contributed by atoms with E-state index in [0.29, 0.717) is 18.4 Å². The molecule has 8 nitrogen and oxygen atoms in total. The van der Waals surface area contributed by atoms with Gasteiger partial charge in [0.1, 0.15) is 12.4 Å². The Hall–Kier alpha value is -1.06. The molecule has 164 valence electrons. The summed E-state index contributed by atoms with van der Waals surface area (Å²) in [6.07, 6.45) is 2.00. The number of carbonyl (C=O) groups is 2. The third kappa shape index (κ3) is 5.22. The van der Waals surface area contributed by atoms with Gasteiger partial charge < -0.3 is 35.1 Å². The Morgan fingerprint density at radius 2 is 1.93 bits per heavy atom. The average molecular weight is 434 g/mol. The SMILES string of the molecule is C=C1CC[C@@H]2[C@](C)(CO)[C@H](O)CC[C@@]2(C)[C@@H]1CCC1=C(O)COC1=O.O=C([O-])O.[Na+]. The first-order valence-corrected chi connectivity index (χ1v) is 9.92. The zero-order valence-corrected chi connectivity index (χ0v) is 20.0. The smallest absolute Gasteiger partial charge is 0.565 e. The molecule has 5 atom stereocenters. The molecule has 9 heteroatoms. The maximum atomic E-state index is 11.8. The fourth-order valence-corrected chi connectivity index (χ4v) is 5.69. The molecular weight excluding hydrogens is 403 g/mol. The van der Waals surface area contributed by atoms with E-state index in [2.05, 4.69) is 13.5 Å². The first-order chi connectivity index (χ1) is 13.5. The summed E-state index contributed by atoms with van der Waals surface area (Å²) in [5, 5.41) is 45.7. The van der Waals surface area contributed by atoms with Gasteiger partial charge in [0.15, 0.2) is 0 Å². The number of aliphatic hydroxyl groups is 3. The van der Waals surface area contributed by atoms with Crippen molar-refractivity contribution in [2.45, 2.75) is 58.5 Å². The molecule has 3 rings (SSSR count). The molecule has 1 heterocycles. The monoisotopic (exact) mass is 434 g/mol. The van der Waals surface area contributed by atoms with Crippen LogP contribution in [0.15, 0.2) is 23.5 Å². The Labute approximate surface area is 198 Å². The maximum Gasteiger partial charge on any atom is 1.00 e. The molecule has 4 N–H and O–H groups in total. The van der Waals surface area contributed by atoms with Crippen molar-refractivity contribution in [1.29, 1.82) is 0 Å². The molecule has 30 heavy (non-hydrogen) atoms. The molecule has 2 fully saturated rings. The van der Waals surface area contributed by atoms with Crippen LogP contribution in [0, 0.1) is 22.7 Å². The number of rotatable bonds is 4. The van der Waals surface area contributed by atoms with Gasteiger partial charge in [-0.2, -0.15) is 0 Å². The fraction of sp³-hybridized carbons (Fsp3) is 0.714. The third-order valence-corrected chi connectivity index (χ3v) is 7.31. The Morgan fingerprint density at radius 1 is 1.33 bits per heavy atom. The van der Waals surface area contributed by atoms with Crippen LogP contribution in [-0.4, -0.2) is 51.9 Å². The zero-order chi connectivity index (χ0) is 22.0. The van der Waals surface area contributed by atoms with E-state index in [0.717, 1.165) is 25.7 Å². The van der Waals surface area contributed by atoms with Crippen LogP contribution in [0.4, 0.5) is 4.79 Å². The van der Waals surface area contributed by atoms with Crippen molar-refractivity contribution in [3.8, 4) is 0 Å². The van der Waals surface area contributed by atoms with Crippen molar-refractivity contribution in [3.05, 3.63) is 23.5 Å². The number of esters is 1. The number of cyclic esters (lactones) is 1.